The molecule has 1 aliphatic rings. The van der Waals surface area contributed by atoms with E-state index in [0.29, 0.717) is 12.5 Å². The molecule has 0 aromatic carbocycles. The van der Waals surface area contributed by atoms with Crippen LogP contribution in [0.3, 0.4) is 0 Å². The third-order valence-electron chi connectivity index (χ3n) is 3.10. The number of rotatable bonds is 3. The van der Waals surface area contributed by atoms with Crippen molar-refractivity contribution in [1.29, 1.82) is 0 Å². The number of carbonyl (C=O) groups is 1. The molecule has 1 amide bonds. The minimum Gasteiger partial charge on any atom is -0.354 e. The van der Waals surface area contributed by atoms with Gasteiger partial charge in [0.25, 0.3) is 0 Å². The first kappa shape index (κ1) is 12.6. The maximum absolute atomic E-state index is 11.9. The molecule has 0 saturated carbocycles. The topological polar surface area (TPSA) is 70.2 Å². The van der Waals surface area contributed by atoms with Gasteiger partial charge in [-0.25, -0.2) is 4.98 Å². The van der Waals surface area contributed by atoms with Crippen LogP contribution in [0.15, 0.2) is 12.3 Å². The number of hydrogen-bond acceptors (Lipinski definition) is 5. The number of nitrogens with one attached hydrogen (secondary N) is 2. The monoisotopic (exact) mass is 249 g/mol. The zero-order valence-corrected chi connectivity index (χ0v) is 11.0. The van der Waals surface area contributed by atoms with Crippen LogP contribution in [0.25, 0.3) is 0 Å². The Labute approximate surface area is 107 Å². The van der Waals surface area contributed by atoms with Crippen LogP contribution < -0.4 is 15.5 Å². The Morgan fingerprint density at radius 3 is 3.06 bits per heavy atom. The third kappa shape index (κ3) is 2.23. The highest BCUT2D eigenvalue weighted by Crippen LogP contribution is 2.24. The van der Waals surface area contributed by atoms with E-state index in [9.17, 15) is 4.79 Å². The van der Waals surface area contributed by atoms with Crippen LogP contribution in [0, 0.1) is 0 Å². The zero-order chi connectivity index (χ0) is 13.2. The lowest BCUT2D eigenvalue weighted by Crippen LogP contribution is -2.62. The number of amides is 1. The normalized spacial score (nSPS) is 18.4. The van der Waals surface area contributed by atoms with Crippen molar-refractivity contribution < 1.29 is 4.79 Å². The van der Waals surface area contributed by atoms with Gasteiger partial charge in [0.05, 0.1) is 0 Å². The molecule has 2 N–H and O–H groups in total. The summed E-state index contributed by atoms with van der Waals surface area (Å²) >= 11 is 0. The molecule has 6 heteroatoms. The molecule has 0 radical (unpaired) electrons. The van der Waals surface area contributed by atoms with E-state index in [1.54, 1.807) is 6.20 Å². The maximum Gasteiger partial charge on any atom is 0.245 e. The first-order valence-electron chi connectivity index (χ1n) is 6.18. The highest BCUT2D eigenvalue weighted by molar-refractivity contribution is 5.90. The van der Waals surface area contributed by atoms with Gasteiger partial charge in [0, 0.05) is 25.8 Å². The molecule has 1 saturated heterocycles. The molecule has 18 heavy (non-hydrogen) atoms. The van der Waals surface area contributed by atoms with E-state index in [-0.39, 0.29) is 5.91 Å². The Hall–Kier alpha value is -1.85. The summed E-state index contributed by atoms with van der Waals surface area (Å²) < 4.78 is 0. The lowest BCUT2D eigenvalue weighted by molar-refractivity contribution is -0.126. The lowest BCUT2D eigenvalue weighted by atomic mass is 9.99. The van der Waals surface area contributed by atoms with Crippen molar-refractivity contribution in [2.75, 3.05) is 29.9 Å². The smallest absolute Gasteiger partial charge is 0.245 e. The Kier molecular flexibility index (Phi) is 3.36. The van der Waals surface area contributed by atoms with Crippen LogP contribution in [0.4, 0.5) is 11.8 Å². The average Bonchev–Trinajstić information content (AvgIpc) is 2.33. The van der Waals surface area contributed by atoms with E-state index < -0.39 is 5.54 Å². The van der Waals surface area contributed by atoms with Gasteiger partial charge >= 0.3 is 0 Å². The van der Waals surface area contributed by atoms with E-state index in [4.69, 9.17) is 0 Å². The van der Waals surface area contributed by atoms with Crippen LogP contribution in [0.1, 0.15) is 20.8 Å². The Morgan fingerprint density at radius 1 is 1.56 bits per heavy atom. The first-order chi connectivity index (χ1) is 8.55. The van der Waals surface area contributed by atoms with Gasteiger partial charge in [-0.2, -0.15) is 4.98 Å². The molecule has 1 fully saturated rings. The number of carbonyl (C=O) groups excluding carboxylic acids is 1. The number of anilines is 2. The summed E-state index contributed by atoms with van der Waals surface area (Å²) in [4.78, 5) is 22.5. The van der Waals surface area contributed by atoms with Gasteiger partial charge < -0.3 is 15.5 Å². The Balaban J connectivity index is 2.29. The summed E-state index contributed by atoms with van der Waals surface area (Å²) in [5.74, 6) is 1.40. The quantitative estimate of drug-likeness (QED) is 0.822. The third-order valence-corrected chi connectivity index (χ3v) is 3.10. The molecule has 6 nitrogen and oxygen atoms in total. The minimum absolute atomic E-state index is 0.0253. The average molecular weight is 249 g/mol. The summed E-state index contributed by atoms with van der Waals surface area (Å²) in [6.07, 6.45) is 1.71. The van der Waals surface area contributed by atoms with Crippen molar-refractivity contribution in [3.63, 3.8) is 0 Å². The van der Waals surface area contributed by atoms with Crippen molar-refractivity contribution in [3.8, 4) is 0 Å². The van der Waals surface area contributed by atoms with Crippen LogP contribution >= 0.6 is 0 Å². The van der Waals surface area contributed by atoms with E-state index in [0.717, 1.165) is 18.9 Å². The van der Waals surface area contributed by atoms with Crippen LogP contribution in [-0.2, 0) is 4.79 Å². The van der Waals surface area contributed by atoms with E-state index in [2.05, 4.69) is 20.6 Å². The van der Waals surface area contributed by atoms with Gasteiger partial charge in [-0.3, -0.25) is 4.79 Å². The molecule has 2 rings (SSSR count). The van der Waals surface area contributed by atoms with Crippen molar-refractivity contribution in [2.45, 2.75) is 26.3 Å². The molecular formula is C12H19N5O. The van der Waals surface area contributed by atoms with Gasteiger partial charge in [-0.05, 0) is 26.8 Å². The number of nitrogens with zero attached hydrogens (tertiary/aromatic N) is 3. The molecule has 0 atom stereocenters. The molecule has 2 heterocycles. The minimum atomic E-state index is -0.587. The van der Waals surface area contributed by atoms with Gasteiger partial charge in [0.1, 0.15) is 11.4 Å². The van der Waals surface area contributed by atoms with Crippen molar-refractivity contribution in [3.05, 3.63) is 12.3 Å². The van der Waals surface area contributed by atoms with E-state index in [1.165, 1.54) is 0 Å². The predicted octanol–water partition coefficient (Wildman–Crippen LogP) is 0.623. The van der Waals surface area contributed by atoms with Crippen molar-refractivity contribution in [2.24, 2.45) is 0 Å². The maximum atomic E-state index is 11.9. The van der Waals surface area contributed by atoms with Crippen LogP contribution in [0.2, 0.25) is 0 Å². The summed E-state index contributed by atoms with van der Waals surface area (Å²) in [6, 6.07) is 1.83. The summed E-state index contributed by atoms with van der Waals surface area (Å²) in [5, 5.41) is 5.95. The number of piperazine rings is 1. The van der Waals surface area contributed by atoms with Crippen LogP contribution in [0.5, 0.6) is 0 Å². The molecule has 0 bridgehead atoms. The summed E-state index contributed by atoms with van der Waals surface area (Å²) in [5.41, 5.74) is -0.587. The second-order valence-electron chi connectivity index (χ2n) is 4.74. The molecule has 1 aromatic heterocycles. The molecule has 0 unspecified atom stereocenters. The fourth-order valence-corrected chi connectivity index (χ4v) is 2.04. The highest BCUT2D eigenvalue weighted by atomic mass is 16.2. The summed E-state index contributed by atoms with van der Waals surface area (Å²) in [6.45, 7) is 7.96. The molecular weight excluding hydrogens is 230 g/mol. The lowest BCUT2D eigenvalue weighted by Gasteiger charge is -2.41. The number of hydrogen-bond donors (Lipinski definition) is 2. The standard InChI is InChI=1S/C12H19N5O/c1-4-13-11-15-6-5-9(16-11)17-8-7-14-10(18)12(17,2)3/h5-6H,4,7-8H2,1-3H3,(H,14,18)(H,13,15,16). The largest absolute Gasteiger partial charge is 0.354 e. The molecule has 1 aliphatic heterocycles. The second-order valence-corrected chi connectivity index (χ2v) is 4.74. The second kappa shape index (κ2) is 4.80. The summed E-state index contributed by atoms with van der Waals surface area (Å²) in [7, 11) is 0. The SMILES string of the molecule is CCNc1nccc(N2CCNC(=O)C2(C)C)n1. The highest BCUT2D eigenvalue weighted by Gasteiger charge is 2.38. The predicted molar refractivity (Wildman–Crippen MR) is 70.6 cm³/mol. The fourth-order valence-electron chi connectivity index (χ4n) is 2.04. The molecule has 0 spiro atoms. The Bertz CT molecular complexity index is 446. The van der Waals surface area contributed by atoms with E-state index >= 15 is 0 Å². The van der Waals surface area contributed by atoms with Crippen molar-refractivity contribution >= 4 is 17.7 Å². The van der Waals surface area contributed by atoms with Gasteiger partial charge in [0.15, 0.2) is 0 Å². The number of aromatic nitrogens is 2. The fraction of sp³-hybridized carbons (Fsp3) is 0.583. The van der Waals surface area contributed by atoms with Gasteiger partial charge in [0.2, 0.25) is 11.9 Å². The zero-order valence-electron chi connectivity index (χ0n) is 11.0. The van der Waals surface area contributed by atoms with Gasteiger partial charge in [-0.1, -0.05) is 0 Å². The van der Waals surface area contributed by atoms with Crippen molar-refractivity contribution in [1.82, 2.24) is 15.3 Å². The van der Waals surface area contributed by atoms with Gasteiger partial charge in [-0.15, -0.1) is 0 Å². The molecule has 98 valence electrons. The molecule has 0 aliphatic carbocycles. The van der Waals surface area contributed by atoms with E-state index in [1.807, 2.05) is 31.7 Å². The first-order valence-corrected chi connectivity index (χ1v) is 6.18. The van der Waals surface area contributed by atoms with Crippen LogP contribution in [-0.4, -0.2) is 41.0 Å². The molecule has 1 aromatic rings. The Morgan fingerprint density at radius 2 is 2.33 bits per heavy atom.